The van der Waals surface area contributed by atoms with Crippen LogP contribution in [0.25, 0.3) is 0 Å². The highest BCUT2D eigenvalue weighted by molar-refractivity contribution is 7.47. The molecule has 26 heteroatoms. The first kappa shape index (κ1) is 69.3. The minimum atomic E-state index is -5.80. The van der Waals surface area contributed by atoms with E-state index in [9.17, 15) is 72.3 Å². The number of carbonyl (C=O) groups is 2. The predicted molar refractivity (Wildman–Crippen MR) is 272 cm³/mol. The minimum Gasteiger partial charge on any atom is -0.462 e. The molecule has 0 radical (unpaired) electrons. The molecule has 1 aliphatic carbocycles. The number of rotatable bonds is 44. The molecule has 426 valence electrons. The molecule has 0 bridgehead atoms. The van der Waals surface area contributed by atoms with Crippen LogP contribution in [0.1, 0.15) is 181 Å². The maximum Gasteiger partial charge on any atom is 0.472 e. The SMILES string of the molecule is CCCCC/C=C\C/C=C\C/C=C\C/C=C\CCCC(=O)O[C@H](COC(=O)CCCCCCCCCCCCCCCCC)COP(=O)(O)OC1[C@H](O)[C@H](OP(=O)(O)O)C(OP(=O)(O)O)[C@H](OP(=O)(O)O)[C@H]1O. The van der Waals surface area contributed by atoms with Gasteiger partial charge in [0, 0.05) is 12.8 Å². The molecule has 8 atom stereocenters. The van der Waals surface area contributed by atoms with E-state index in [1.807, 2.05) is 24.3 Å². The second kappa shape index (κ2) is 39.6. The van der Waals surface area contributed by atoms with Gasteiger partial charge in [-0.25, -0.2) is 18.3 Å². The molecule has 22 nitrogen and oxygen atoms in total. The van der Waals surface area contributed by atoms with Crippen LogP contribution in [0.4, 0.5) is 0 Å². The summed E-state index contributed by atoms with van der Waals surface area (Å²) in [6.45, 7) is 2.70. The molecule has 0 aromatic heterocycles. The van der Waals surface area contributed by atoms with Crippen LogP contribution >= 0.6 is 31.3 Å². The van der Waals surface area contributed by atoms with E-state index in [1.165, 1.54) is 77.0 Å². The van der Waals surface area contributed by atoms with Crippen LogP contribution < -0.4 is 0 Å². The zero-order chi connectivity index (χ0) is 54.6. The molecule has 0 heterocycles. The van der Waals surface area contributed by atoms with Crippen molar-refractivity contribution in [3.05, 3.63) is 48.6 Å². The van der Waals surface area contributed by atoms with Crippen molar-refractivity contribution in [3.63, 3.8) is 0 Å². The number of aliphatic hydroxyl groups is 2. The predicted octanol–water partition coefficient (Wildman–Crippen LogP) is 9.52. The number of phosphoric acid groups is 4. The molecule has 0 aromatic carbocycles. The molecule has 0 amide bonds. The van der Waals surface area contributed by atoms with Crippen LogP contribution in [-0.4, -0.2) is 112 Å². The summed E-state index contributed by atoms with van der Waals surface area (Å²) in [5, 5.41) is 21.9. The smallest absolute Gasteiger partial charge is 0.462 e. The van der Waals surface area contributed by atoms with Gasteiger partial charge in [-0.1, -0.05) is 165 Å². The topological polar surface area (TPSA) is 349 Å². The largest absolute Gasteiger partial charge is 0.472 e. The lowest BCUT2D eigenvalue weighted by Crippen LogP contribution is -2.65. The quantitative estimate of drug-likeness (QED) is 0.0119. The third-order valence-corrected chi connectivity index (χ3v) is 13.9. The number of aliphatic hydroxyl groups excluding tert-OH is 2. The van der Waals surface area contributed by atoms with Crippen LogP contribution in [0.5, 0.6) is 0 Å². The van der Waals surface area contributed by atoms with Gasteiger partial charge in [0.1, 0.15) is 43.2 Å². The molecule has 0 aliphatic heterocycles. The maximum absolute atomic E-state index is 13.3. The van der Waals surface area contributed by atoms with Crippen molar-refractivity contribution in [2.24, 2.45) is 0 Å². The lowest BCUT2D eigenvalue weighted by molar-refractivity contribution is -0.209. The summed E-state index contributed by atoms with van der Waals surface area (Å²) in [4.78, 5) is 93.0. The number of hydrogen-bond acceptors (Lipinski definition) is 15. The number of hydrogen-bond donors (Lipinski definition) is 9. The molecule has 3 unspecified atom stereocenters. The molecule has 0 saturated heterocycles. The Labute approximate surface area is 431 Å². The minimum absolute atomic E-state index is 0.0241. The van der Waals surface area contributed by atoms with Crippen LogP contribution in [0.3, 0.4) is 0 Å². The average Bonchev–Trinajstić information content (AvgIpc) is 3.30. The van der Waals surface area contributed by atoms with Gasteiger partial charge < -0.3 is 53.9 Å². The Kier molecular flexibility index (Phi) is 37.6. The van der Waals surface area contributed by atoms with Gasteiger partial charge in [-0.05, 0) is 51.4 Å². The van der Waals surface area contributed by atoms with E-state index in [-0.39, 0.29) is 12.8 Å². The monoisotopic (exact) mass is 1130 g/mol. The summed E-state index contributed by atoms with van der Waals surface area (Å²) in [5.74, 6) is -1.46. The average molecular weight is 1130 g/mol. The highest BCUT2D eigenvalue weighted by atomic mass is 31.2. The van der Waals surface area contributed by atoms with Crippen LogP contribution in [0, 0.1) is 0 Å². The fourth-order valence-corrected chi connectivity index (χ4v) is 10.3. The Morgan fingerprint density at radius 3 is 1.25 bits per heavy atom. The summed E-state index contributed by atoms with van der Waals surface area (Å²) >= 11 is 0. The zero-order valence-corrected chi connectivity index (χ0v) is 46.2. The van der Waals surface area contributed by atoms with E-state index in [0.29, 0.717) is 25.7 Å². The number of carbonyl (C=O) groups excluding carboxylic acids is 2. The zero-order valence-electron chi connectivity index (χ0n) is 42.6. The highest BCUT2D eigenvalue weighted by Gasteiger charge is 2.59. The van der Waals surface area contributed by atoms with E-state index in [1.54, 1.807) is 0 Å². The lowest BCUT2D eigenvalue weighted by atomic mass is 9.85. The molecule has 1 fully saturated rings. The molecular weight excluding hydrogens is 1040 g/mol. The standard InChI is InChI=1S/C47H86O22P4/c1-3-5-7-9-11-13-15-17-19-20-22-24-26-28-30-32-34-36-41(49)65-39(37-63-40(48)35-33-31-29-27-25-23-21-18-16-14-12-10-8-6-4-2)38-64-73(61,62)69-44-42(50)45(66-70(52,53)54)47(68-72(58,59)60)46(43(44)51)67-71(55,56)57/h11,13,17,19,22,24,28,30,39,42-47,50-51H,3-10,12,14-16,18,20-21,23,25-27,29,31-38H2,1-2H3,(H,61,62)(H2,52,53,54)(H2,55,56,57)(H2,58,59,60)/b13-11-,19-17-,24-22-,30-28-/t39-,42+,43+,44?,45-,46+,47?/m1/s1. The van der Waals surface area contributed by atoms with Crippen LogP contribution in [0.15, 0.2) is 48.6 Å². The van der Waals surface area contributed by atoms with Crippen LogP contribution in [0.2, 0.25) is 0 Å². The van der Waals surface area contributed by atoms with Gasteiger partial charge >= 0.3 is 43.2 Å². The van der Waals surface area contributed by atoms with Crippen molar-refractivity contribution >= 4 is 43.2 Å². The first-order chi connectivity index (χ1) is 34.5. The Bertz CT molecular complexity index is 1770. The summed E-state index contributed by atoms with van der Waals surface area (Å²) in [7, 11) is -23.0. The molecule has 0 spiro atoms. The van der Waals surface area contributed by atoms with E-state index in [0.717, 1.165) is 51.4 Å². The van der Waals surface area contributed by atoms with Gasteiger partial charge in [0.05, 0.1) is 6.61 Å². The second-order valence-electron chi connectivity index (χ2n) is 18.0. The van der Waals surface area contributed by atoms with Crippen molar-refractivity contribution in [2.45, 2.75) is 224 Å². The number of unbranched alkanes of at least 4 members (excludes halogenated alkanes) is 18. The van der Waals surface area contributed by atoms with E-state index in [2.05, 4.69) is 51.7 Å². The Hall–Kier alpha value is -1.74. The molecule has 0 aromatic rings. The van der Waals surface area contributed by atoms with E-state index in [4.69, 9.17) is 18.5 Å². The van der Waals surface area contributed by atoms with E-state index < -0.39 is 99.2 Å². The van der Waals surface area contributed by atoms with E-state index >= 15 is 0 Å². The normalized spacial score (nSPS) is 21.4. The molecule has 73 heavy (non-hydrogen) atoms. The summed E-state index contributed by atoms with van der Waals surface area (Å²) in [5.41, 5.74) is 0. The van der Waals surface area contributed by atoms with Gasteiger partial charge in [0.15, 0.2) is 6.10 Å². The van der Waals surface area contributed by atoms with Crippen molar-refractivity contribution < 1.29 is 104 Å². The van der Waals surface area contributed by atoms with Gasteiger partial charge in [-0.15, -0.1) is 0 Å². The maximum atomic E-state index is 13.3. The fraction of sp³-hybridized carbons (Fsp3) is 0.787. The highest BCUT2D eigenvalue weighted by Crippen LogP contribution is 2.53. The third-order valence-electron chi connectivity index (χ3n) is 11.4. The molecule has 1 aliphatic rings. The van der Waals surface area contributed by atoms with Crippen molar-refractivity contribution in [3.8, 4) is 0 Å². The van der Waals surface area contributed by atoms with Crippen molar-refractivity contribution in [1.29, 1.82) is 0 Å². The summed E-state index contributed by atoms with van der Waals surface area (Å²) < 4.78 is 82.2. The summed E-state index contributed by atoms with van der Waals surface area (Å²) in [6, 6.07) is 0. The van der Waals surface area contributed by atoms with Gasteiger partial charge in [-0.2, -0.15) is 0 Å². The molecular formula is C47H86O22P4. The second-order valence-corrected chi connectivity index (χ2v) is 23.0. The third kappa shape index (κ3) is 37.6. The Morgan fingerprint density at radius 1 is 0.438 bits per heavy atom. The molecule has 1 rings (SSSR count). The fourth-order valence-electron chi connectivity index (χ4n) is 7.66. The lowest BCUT2D eigenvalue weighted by Gasteiger charge is -2.45. The van der Waals surface area contributed by atoms with Gasteiger partial charge in [-0.3, -0.25) is 32.2 Å². The number of esters is 2. The summed E-state index contributed by atoms with van der Waals surface area (Å²) in [6.07, 6.45) is 23.2. The Morgan fingerprint density at radius 2 is 0.808 bits per heavy atom. The van der Waals surface area contributed by atoms with Gasteiger partial charge in [0.2, 0.25) is 0 Å². The van der Waals surface area contributed by atoms with Crippen molar-refractivity contribution in [2.75, 3.05) is 13.2 Å². The molecule has 9 N–H and O–H groups in total. The first-order valence-corrected chi connectivity index (χ1v) is 31.8. The number of ether oxygens (including phenoxy) is 2. The van der Waals surface area contributed by atoms with Gasteiger partial charge in [0.25, 0.3) is 0 Å². The Balaban J connectivity index is 2.90. The first-order valence-electron chi connectivity index (χ1n) is 25.7. The van der Waals surface area contributed by atoms with Crippen LogP contribution in [-0.2, 0) is 59.9 Å². The van der Waals surface area contributed by atoms with Crippen molar-refractivity contribution in [1.82, 2.24) is 0 Å². The number of phosphoric ester groups is 4. The molecule has 1 saturated carbocycles. The number of allylic oxidation sites excluding steroid dienone is 8.